The van der Waals surface area contributed by atoms with Crippen molar-refractivity contribution in [3.05, 3.63) is 52.3 Å². The van der Waals surface area contributed by atoms with Crippen molar-refractivity contribution in [2.75, 3.05) is 0 Å². The van der Waals surface area contributed by atoms with Crippen LogP contribution in [0.5, 0.6) is 0 Å². The van der Waals surface area contributed by atoms with Crippen molar-refractivity contribution in [2.24, 2.45) is 10.2 Å². The van der Waals surface area contributed by atoms with Crippen LogP contribution in [0.2, 0.25) is 0 Å². The number of nitrogens with zero attached hydrogens (tertiary/aromatic N) is 7. The Morgan fingerprint density at radius 3 is 3.05 bits per heavy atom. The molecule has 1 aromatic carbocycles. The Labute approximate surface area is 113 Å². The number of nitrogens with one attached hydrogen (secondary N) is 1. The smallest absolute Gasteiger partial charge is 0.241 e. The minimum Gasteiger partial charge on any atom is -0.361 e. The van der Waals surface area contributed by atoms with Crippen LogP contribution in [-0.2, 0) is 0 Å². The van der Waals surface area contributed by atoms with Gasteiger partial charge in [0.2, 0.25) is 5.95 Å². The van der Waals surface area contributed by atoms with Gasteiger partial charge in [-0.2, -0.15) is 9.78 Å². The lowest BCUT2D eigenvalue weighted by Gasteiger charge is -1.96. The van der Waals surface area contributed by atoms with Crippen molar-refractivity contribution in [1.29, 1.82) is 0 Å². The van der Waals surface area contributed by atoms with Gasteiger partial charge in [-0.15, -0.1) is 10.2 Å². The second-order valence-corrected chi connectivity index (χ2v) is 4.08. The molecule has 1 N–H and O–H groups in total. The number of hydrogen-bond donors (Lipinski definition) is 1. The predicted molar refractivity (Wildman–Crippen MR) is 74.9 cm³/mol. The zero-order chi connectivity index (χ0) is 13.9. The maximum atomic E-state index is 8.47. The van der Waals surface area contributed by atoms with Crippen LogP contribution in [0.4, 0.5) is 5.95 Å². The molecule has 8 nitrogen and oxygen atoms in total. The Morgan fingerprint density at radius 1 is 1.35 bits per heavy atom. The molecule has 0 amide bonds. The van der Waals surface area contributed by atoms with E-state index in [1.807, 2.05) is 30.5 Å². The molecule has 98 valence electrons. The topological polar surface area (TPSA) is 108 Å². The summed E-state index contributed by atoms with van der Waals surface area (Å²) in [5.74, 6) is 0.657. The molecule has 0 aliphatic rings. The third kappa shape index (κ3) is 2.00. The summed E-state index contributed by atoms with van der Waals surface area (Å²) in [6.45, 7) is 1.73. The SMILES string of the molecule is Cc1nnc(N=[N+]=[N-])n1/N=C/c1c[nH]c2ccccc12. The molecule has 0 radical (unpaired) electrons. The van der Waals surface area contributed by atoms with Crippen LogP contribution in [0.3, 0.4) is 0 Å². The van der Waals surface area contributed by atoms with Gasteiger partial charge in [-0.25, -0.2) is 0 Å². The van der Waals surface area contributed by atoms with Gasteiger partial charge < -0.3 is 4.98 Å². The Morgan fingerprint density at radius 2 is 2.20 bits per heavy atom. The summed E-state index contributed by atoms with van der Waals surface area (Å²) in [5, 5.41) is 16.3. The van der Waals surface area contributed by atoms with E-state index in [2.05, 4.69) is 30.3 Å². The molecule has 0 aliphatic carbocycles. The predicted octanol–water partition coefficient (Wildman–Crippen LogP) is 2.89. The summed E-state index contributed by atoms with van der Waals surface area (Å²) in [5.41, 5.74) is 10.4. The molecule has 0 fully saturated rings. The molecule has 0 unspecified atom stereocenters. The van der Waals surface area contributed by atoms with Crippen LogP contribution in [0.25, 0.3) is 21.3 Å². The summed E-state index contributed by atoms with van der Waals surface area (Å²) in [4.78, 5) is 5.86. The van der Waals surface area contributed by atoms with Gasteiger partial charge in [0.15, 0.2) is 5.82 Å². The van der Waals surface area contributed by atoms with Gasteiger partial charge >= 0.3 is 0 Å². The first-order valence-corrected chi connectivity index (χ1v) is 5.87. The number of azide groups is 1. The third-order valence-corrected chi connectivity index (χ3v) is 2.85. The highest BCUT2D eigenvalue weighted by atomic mass is 15.5. The van der Waals surface area contributed by atoms with E-state index in [1.165, 1.54) is 4.68 Å². The zero-order valence-corrected chi connectivity index (χ0v) is 10.6. The summed E-state index contributed by atoms with van der Waals surface area (Å²) in [6, 6.07) is 7.91. The highest BCUT2D eigenvalue weighted by Crippen LogP contribution is 2.16. The summed E-state index contributed by atoms with van der Waals surface area (Å²) in [7, 11) is 0. The van der Waals surface area contributed by atoms with Crippen LogP contribution in [-0.4, -0.2) is 26.1 Å². The van der Waals surface area contributed by atoms with Crippen LogP contribution in [0.1, 0.15) is 11.4 Å². The van der Waals surface area contributed by atoms with E-state index in [-0.39, 0.29) is 5.95 Å². The fraction of sp³-hybridized carbons (Fsp3) is 0.0833. The molecule has 2 aromatic heterocycles. The molecule has 0 saturated carbocycles. The lowest BCUT2D eigenvalue weighted by molar-refractivity contribution is 0.832. The maximum Gasteiger partial charge on any atom is 0.241 e. The van der Waals surface area contributed by atoms with Crippen molar-refractivity contribution in [2.45, 2.75) is 6.92 Å². The Hall–Kier alpha value is -3.12. The van der Waals surface area contributed by atoms with Gasteiger partial charge in [-0.05, 0) is 23.6 Å². The van der Waals surface area contributed by atoms with Crippen molar-refractivity contribution >= 4 is 23.1 Å². The number of rotatable bonds is 3. The number of fused-ring (bicyclic) bond motifs is 1. The van der Waals surface area contributed by atoms with E-state index < -0.39 is 0 Å². The lowest BCUT2D eigenvalue weighted by atomic mass is 10.2. The molecular formula is C12H10N8. The number of aryl methyl sites for hydroxylation is 1. The van der Waals surface area contributed by atoms with Crippen LogP contribution >= 0.6 is 0 Å². The Kier molecular flexibility index (Phi) is 2.91. The molecule has 0 atom stereocenters. The summed E-state index contributed by atoms with van der Waals surface area (Å²) >= 11 is 0. The summed E-state index contributed by atoms with van der Waals surface area (Å²) in [6.07, 6.45) is 3.53. The fourth-order valence-corrected chi connectivity index (χ4v) is 1.90. The van der Waals surface area contributed by atoms with Crippen molar-refractivity contribution in [3.8, 4) is 0 Å². The molecular weight excluding hydrogens is 256 g/mol. The second-order valence-electron chi connectivity index (χ2n) is 4.08. The average Bonchev–Trinajstić information content (AvgIpc) is 3.02. The zero-order valence-electron chi connectivity index (χ0n) is 10.6. The van der Waals surface area contributed by atoms with E-state index in [1.54, 1.807) is 13.1 Å². The normalized spacial score (nSPS) is 11.1. The minimum atomic E-state index is 0.112. The van der Waals surface area contributed by atoms with Crippen LogP contribution in [0.15, 0.2) is 40.7 Å². The maximum absolute atomic E-state index is 8.47. The number of aromatic amines is 1. The number of benzene rings is 1. The first-order chi connectivity index (χ1) is 9.79. The van der Waals surface area contributed by atoms with E-state index in [9.17, 15) is 0 Å². The fourth-order valence-electron chi connectivity index (χ4n) is 1.90. The van der Waals surface area contributed by atoms with Gasteiger partial charge in [0.25, 0.3) is 0 Å². The number of para-hydroxylation sites is 1. The molecule has 0 saturated heterocycles. The molecule has 2 heterocycles. The number of hydrogen-bond acceptors (Lipinski definition) is 4. The lowest BCUT2D eigenvalue weighted by Crippen LogP contribution is -1.92. The van der Waals surface area contributed by atoms with Crippen molar-refractivity contribution < 1.29 is 0 Å². The van der Waals surface area contributed by atoms with Gasteiger partial charge in [-0.3, -0.25) is 0 Å². The molecule has 0 bridgehead atoms. The average molecular weight is 266 g/mol. The van der Waals surface area contributed by atoms with E-state index in [4.69, 9.17) is 5.53 Å². The molecule has 3 rings (SSSR count). The van der Waals surface area contributed by atoms with Crippen LogP contribution < -0.4 is 0 Å². The van der Waals surface area contributed by atoms with Crippen molar-refractivity contribution in [3.63, 3.8) is 0 Å². The minimum absolute atomic E-state index is 0.112. The quantitative estimate of drug-likeness (QED) is 0.340. The molecule has 0 aliphatic heterocycles. The largest absolute Gasteiger partial charge is 0.361 e. The first kappa shape index (κ1) is 11.9. The highest BCUT2D eigenvalue weighted by Gasteiger charge is 2.05. The third-order valence-electron chi connectivity index (χ3n) is 2.85. The Bertz CT molecular complexity index is 834. The van der Waals surface area contributed by atoms with Gasteiger partial charge in [0.1, 0.15) is 0 Å². The molecule has 20 heavy (non-hydrogen) atoms. The first-order valence-electron chi connectivity index (χ1n) is 5.87. The molecule has 8 heteroatoms. The standard InChI is InChI=1S/C12H10N8/c1-8-16-17-12(18-19-13)20(8)15-7-9-6-14-11-5-3-2-4-10(9)11/h2-7,14H,1H3/b15-7+. The van der Waals surface area contributed by atoms with Crippen molar-refractivity contribution in [1.82, 2.24) is 19.9 Å². The van der Waals surface area contributed by atoms with Gasteiger partial charge in [0.05, 0.1) is 6.21 Å². The highest BCUT2D eigenvalue weighted by molar-refractivity contribution is 5.98. The molecule has 3 aromatic rings. The monoisotopic (exact) mass is 266 g/mol. The van der Waals surface area contributed by atoms with Crippen LogP contribution in [0, 0.1) is 6.92 Å². The van der Waals surface area contributed by atoms with Gasteiger partial charge in [-0.1, -0.05) is 18.2 Å². The Balaban J connectivity index is 2.02. The second kappa shape index (κ2) is 4.87. The van der Waals surface area contributed by atoms with E-state index in [0.29, 0.717) is 5.82 Å². The van der Waals surface area contributed by atoms with Gasteiger partial charge in [0, 0.05) is 27.6 Å². The summed E-state index contributed by atoms with van der Waals surface area (Å²) < 4.78 is 1.39. The molecule has 0 spiro atoms. The number of aromatic nitrogens is 4. The van der Waals surface area contributed by atoms with E-state index >= 15 is 0 Å². The number of H-pyrrole nitrogens is 1. The van der Waals surface area contributed by atoms with E-state index in [0.717, 1.165) is 16.5 Å².